The Morgan fingerprint density at radius 3 is 2.58 bits per heavy atom. The number of nitrogens with zero attached hydrogens (tertiary/aromatic N) is 1. The largest absolute Gasteiger partial charge is 0.476 e. The van der Waals surface area contributed by atoms with E-state index < -0.39 is 11.9 Å². The molecule has 19 heavy (non-hydrogen) atoms. The second-order valence-corrected chi connectivity index (χ2v) is 4.49. The van der Waals surface area contributed by atoms with Crippen LogP contribution in [-0.2, 0) is 0 Å². The zero-order valence-corrected chi connectivity index (χ0v) is 11.2. The van der Waals surface area contributed by atoms with Gasteiger partial charge in [-0.1, -0.05) is 12.1 Å². The lowest BCUT2D eigenvalue weighted by Crippen LogP contribution is -2.16. The van der Waals surface area contributed by atoms with Gasteiger partial charge in [0.1, 0.15) is 0 Å². The average Bonchev–Trinajstić information content (AvgIpc) is 2.39. The van der Waals surface area contributed by atoms with Crippen molar-refractivity contribution in [3.63, 3.8) is 0 Å². The maximum Gasteiger partial charge on any atom is 0.356 e. The molecule has 0 aliphatic heterocycles. The second-order valence-electron chi connectivity index (χ2n) is 3.64. The summed E-state index contributed by atoms with van der Waals surface area (Å²) in [4.78, 5) is 26.8. The number of benzene rings is 1. The molecular formula is C13H9BrN2O3. The van der Waals surface area contributed by atoms with Crippen LogP contribution in [0.3, 0.4) is 0 Å². The molecule has 1 aromatic heterocycles. The number of amides is 1. The van der Waals surface area contributed by atoms with Crippen LogP contribution in [0.2, 0.25) is 0 Å². The van der Waals surface area contributed by atoms with Gasteiger partial charge >= 0.3 is 5.97 Å². The Balaban J connectivity index is 2.30. The molecule has 0 unspecified atom stereocenters. The Morgan fingerprint density at radius 2 is 1.89 bits per heavy atom. The molecule has 1 aromatic carbocycles. The standard InChI is InChI=1S/C13H9BrN2O3/c14-9-5-2-1-4-8(9)12(17)16-10-6-3-7-15-11(10)13(18)19/h1-7H,(H,16,17)(H,18,19). The molecule has 0 atom stereocenters. The van der Waals surface area contributed by atoms with Gasteiger partial charge in [-0.3, -0.25) is 4.79 Å². The summed E-state index contributed by atoms with van der Waals surface area (Å²) in [5.41, 5.74) is 0.390. The fraction of sp³-hybridized carbons (Fsp3) is 0. The van der Waals surface area contributed by atoms with Crippen LogP contribution in [0.5, 0.6) is 0 Å². The molecule has 0 radical (unpaired) electrons. The van der Waals surface area contributed by atoms with E-state index in [9.17, 15) is 9.59 Å². The van der Waals surface area contributed by atoms with Crippen molar-refractivity contribution in [3.8, 4) is 0 Å². The number of carboxylic acid groups (broad SMARTS) is 1. The number of aromatic nitrogens is 1. The number of aromatic carboxylic acids is 1. The van der Waals surface area contributed by atoms with Crippen LogP contribution < -0.4 is 5.32 Å². The number of hydrogen-bond donors (Lipinski definition) is 2. The van der Waals surface area contributed by atoms with E-state index in [0.717, 1.165) is 0 Å². The summed E-state index contributed by atoms with van der Waals surface area (Å²) in [6, 6.07) is 9.93. The van der Waals surface area contributed by atoms with Gasteiger partial charge in [-0.2, -0.15) is 0 Å². The molecule has 0 bridgehead atoms. The number of rotatable bonds is 3. The molecule has 2 N–H and O–H groups in total. The molecule has 1 amide bonds. The summed E-state index contributed by atoms with van der Waals surface area (Å²) in [7, 11) is 0. The molecule has 6 heteroatoms. The summed E-state index contributed by atoms with van der Waals surface area (Å²) in [6.07, 6.45) is 1.36. The third kappa shape index (κ3) is 2.97. The maximum atomic E-state index is 12.0. The van der Waals surface area contributed by atoms with Crippen molar-refractivity contribution < 1.29 is 14.7 Å². The van der Waals surface area contributed by atoms with Gasteiger partial charge in [-0.15, -0.1) is 0 Å². The molecule has 0 aliphatic carbocycles. The Morgan fingerprint density at radius 1 is 1.16 bits per heavy atom. The first kappa shape index (κ1) is 13.2. The van der Waals surface area contributed by atoms with Gasteiger partial charge in [0.05, 0.1) is 11.3 Å². The number of carboxylic acids is 1. The number of halogens is 1. The Hall–Kier alpha value is -2.21. The van der Waals surface area contributed by atoms with E-state index in [-0.39, 0.29) is 11.4 Å². The zero-order valence-electron chi connectivity index (χ0n) is 9.63. The highest BCUT2D eigenvalue weighted by Crippen LogP contribution is 2.19. The first-order chi connectivity index (χ1) is 9.09. The Kier molecular flexibility index (Phi) is 3.91. The van der Waals surface area contributed by atoms with E-state index in [4.69, 9.17) is 5.11 Å². The van der Waals surface area contributed by atoms with Crippen LogP contribution >= 0.6 is 15.9 Å². The van der Waals surface area contributed by atoms with Crippen molar-refractivity contribution in [2.45, 2.75) is 0 Å². The van der Waals surface area contributed by atoms with E-state index in [1.54, 1.807) is 30.3 Å². The molecule has 96 valence electrons. The van der Waals surface area contributed by atoms with Gasteiger partial charge in [0.25, 0.3) is 5.91 Å². The minimum absolute atomic E-state index is 0.163. The number of carbonyl (C=O) groups excluding carboxylic acids is 1. The SMILES string of the molecule is O=C(Nc1cccnc1C(=O)O)c1ccccc1Br. The fourth-order valence-corrected chi connectivity index (χ4v) is 1.98. The quantitative estimate of drug-likeness (QED) is 0.911. The monoisotopic (exact) mass is 320 g/mol. The lowest BCUT2D eigenvalue weighted by Gasteiger charge is -2.08. The third-order valence-electron chi connectivity index (χ3n) is 2.38. The van der Waals surface area contributed by atoms with E-state index >= 15 is 0 Å². The Bertz CT molecular complexity index is 643. The molecule has 2 aromatic rings. The molecule has 5 nitrogen and oxygen atoms in total. The van der Waals surface area contributed by atoms with E-state index in [1.165, 1.54) is 12.3 Å². The molecular weight excluding hydrogens is 312 g/mol. The molecule has 2 rings (SSSR count). The lowest BCUT2D eigenvalue weighted by atomic mass is 10.2. The van der Waals surface area contributed by atoms with Gasteiger partial charge in [0, 0.05) is 10.7 Å². The summed E-state index contributed by atoms with van der Waals surface area (Å²) in [5.74, 6) is -1.59. The van der Waals surface area contributed by atoms with Crippen LogP contribution in [0.4, 0.5) is 5.69 Å². The number of nitrogens with one attached hydrogen (secondary N) is 1. The third-order valence-corrected chi connectivity index (χ3v) is 3.07. The van der Waals surface area contributed by atoms with Crippen molar-refractivity contribution in [1.29, 1.82) is 0 Å². The topological polar surface area (TPSA) is 79.3 Å². The molecule has 0 aliphatic rings. The van der Waals surface area contributed by atoms with E-state index in [2.05, 4.69) is 26.2 Å². The van der Waals surface area contributed by atoms with Gasteiger partial charge in [-0.25, -0.2) is 9.78 Å². The van der Waals surface area contributed by atoms with Crippen molar-refractivity contribution in [2.24, 2.45) is 0 Å². The smallest absolute Gasteiger partial charge is 0.356 e. The van der Waals surface area contributed by atoms with E-state index in [1.807, 2.05) is 0 Å². The minimum atomic E-state index is -1.19. The van der Waals surface area contributed by atoms with Crippen LogP contribution in [0.15, 0.2) is 47.1 Å². The normalized spacial score (nSPS) is 9.95. The van der Waals surface area contributed by atoms with Crippen LogP contribution in [0.1, 0.15) is 20.8 Å². The highest BCUT2D eigenvalue weighted by molar-refractivity contribution is 9.10. The molecule has 0 saturated heterocycles. The molecule has 0 saturated carbocycles. The summed E-state index contributed by atoms with van der Waals surface area (Å²) >= 11 is 3.26. The van der Waals surface area contributed by atoms with Crippen molar-refractivity contribution in [3.05, 3.63) is 58.3 Å². The maximum absolute atomic E-state index is 12.0. The lowest BCUT2D eigenvalue weighted by molar-refractivity contribution is 0.0692. The average molecular weight is 321 g/mol. The fourth-order valence-electron chi connectivity index (χ4n) is 1.51. The zero-order chi connectivity index (χ0) is 13.8. The highest BCUT2D eigenvalue weighted by atomic mass is 79.9. The first-order valence-corrected chi connectivity index (χ1v) is 6.13. The summed E-state index contributed by atoms with van der Waals surface area (Å²) in [5, 5.41) is 11.5. The van der Waals surface area contributed by atoms with Crippen LogP contribution in [-0.4, -0.2) is 22.0 Å². The number of pyridine rings is 1. The number of hydrogen-bond acceptors (Lipinski definition) is 3. The van der Waals surface area contributed by atoms with Crippen molar-refractivity contribution in [1.82, 2.24) is 4.98 Å². The predicted molar refractivity (Wildman–Crippen MR) is 73.3 cm³/mol. The van der Waals surface area contributed by atoms with Gasteiger partial charge in [0.2, 0.25) is 0 Å². The predicted octanol–water partition coefficient (Wildman–Crippen LogP) is 2.79. The number of anilines is 1. The van der Waals surface area contributed by atoms with E-state index in [0.29, 0.717) is 10.0 Å². The summed E-state index contributed by atoms with van der Waals surface area (Å²) < 4.78 is 0.633. The van der Waals surface area contributed by atoms with Gasteiger partial charge < -0.3 is 10.4 Å². The van der Waals surface area contributed by atoms with Crippen molar-refractivity contribution in [2.75, 3.05) is 5.32 Å². The van der Waals surface area contributed by atoms with Crippen LogP contribution in [0.25, 0.3) is 0 Å². The number of carbonyl (C=O) groups is 2. The molecule has 0 fully saturated rings. The second kappa shape index (κ2) is 5.62. The van der Waals surface area contributed by atoms with Crippen molar-refractivity contribution >= 4 is 33.5 Å². The molecule has 0 spiro atoms. The first-order valence-electron chi connectivity index (χ1n) is 5.34. The van der Waals surface area contributed by atoms with Gasteiger partial charge in [-0.05, 0) is 40.2 Å². The molecule has 1 heterocycles. The van der Waals surface area contributed by atoms with Crippen LogP contribution in [0, 0.1) is 0 Å². The minimum Gasteiger partial charge on any atom is -0.476 e. The highest BCUT2D eigenvalue weighted by Gasteiger charge is 2.15. The Labute approximate surface area is 117 Å². The van der Waals surface area contributed by atoms with Gasteiger partial charge in [0.15, 0.2) is 5.69 Å². The summed E-state index contributed by atoms with van der Waals surface area (Å²) in [6.45, 7) is 0.